The summed E-state index contributed by atoms with van der Waals surface area (Å²) in [6.45, 7) is 14.8. The first-order chi connectivity index (χ1) is 26.8. The molecule has 4 aliphatic carbocycles. The van der Waals surface area contributed by atoms with Crippen molar-refractivity contribution in [2.45, 2.75) is 193 Å². The number of rotatable bonds is 12. The lowest BCUT2D eigenvalue weighted by atomic mass is 9.47. The topological polar surface area (TPSA) is 211 Å². The van der Waals surface area contributed by atoms with Gasteiger partial charge in [-0.05, 0) is 111 Å². The number of aliphatic hydroxyl groups is 6. The molecule has 326 valence electrons. The third kappa shape index (κ3) is 8.74. The smallest absolute Gasteiger partial charge is 0.303 e. The van der Waals surface area contributed by atoms with E-state index in [-0.39, 0.29) is 40.8 Å². The van der Waals surface area contributed by atoms with Crippen molar-refractivity contribution in [2.75, 3.05) is 6.61 Å². The minimum absolute atomic E-state index is 0.0672. The van der Waals surface area contributed by atoms with Crippen LogP contribution in [0.3, 0.4) is 0 Å². The van der Waals surface area contributed by atoms with Crippen LogP contribution in [0.4, 0.5) is 0 Å². The van der Waals surface area contributed by atoms with Crippen LogP contribution >= 0.6 is 0 Å². The van der Waals surface area contributed by atoms with Gasteiger partial charge < -0.3 is 59.1 Å². The van der Waals surface area contributed by atoms with E-state index in [0.29, 0.717) is 43.4 Å². The summed E-state index contributed by atoms with van der Waals surface area (Å²) < 4.78 is 36.4. The molecular formula is C43H70O14. The van der Waals surface area contributed by atoms with Crippen LogP contribution < -0.4 is 0 Å². The number of esters is 2. The summed E-state index contributed by atoms with van der Waals surface area (Å²) in [6, 6.07) is 0. The van der Waals surface area contributed by atoms with Crippen molar-refractivity contribution in [3.63, 3.8) is 0 Å². The predicted octanol–water partition coefficient (Wildman–Crippen LogP) is 3.15. The number of fused-ring (bicyclic) bond motifs is 5. The van der Waals surface area contributed by atoms with Gasteiger partial charge in [-0.25, -0.2) is 0 Å². The van der Waals surface area contributed by atoms with Gasteiger partial charge in [0.1, 0.15) is 30.5 Å². The van der Waals surface area contributed by atoms with Crippen LogP contribution in [0.1, 0.15) is 113 Å². The first-order valence-corrected chi connectivity index (χ1v) is 21.5. The fraction of sp³-hybridized carbons (Fsp3) is 0.907. The van der Waals surface area contributed by atoms with E-state index in [1.807, 2.05) is 0 Å². The van der Waals surface area contributed by atoms with E-state index < -0.39 is 86.1 Å². The van der Waals surface area contributed by atoms with Crippen LogP contribution in [-0.4, -0.2) is 129 Å². The predicted molar refractivity (Wildman–Crippen MR) is 205 cm³/mol. The fourth-order valence-corrected chi connectivity index (χ4v) is 12.1. The van der Waals surface area contributed by atoms with Crippen molar-refractivity contribution in [2.24, 2.45) is 46.3 Å². The third-order valence-electron chi connectivity index (χ3n) is 15.2. The number of allylic oxidation sites excluding steroid dienone is 1. The maximum Gasteiger partial charge on any atom is 0.303 e. The van der Waals surface area contributed by atoms with Gasteiger partial charge in [0.25, 0.3) is 0 Å². The summed E-state index contributed by atoms with van der Waals surface area (Å²) in [4.78, 5) is 24.6. The van der Waals surface area contributed by atoms with Crippen molar-refractivity contribution >= 4 is 11.9 Å². The Bertz CT molecular complexity index is 1440. The lowest BCUT2D eigenvalue weighted by Crippen LogP contribution is -2.61. The summed E-state index contributed by atoms with van der Waals surface area (Å²) in [5, 5.41) is 63.7. The average molecular weight is 811 g/mol. The van der Waals surface area contributed by atoms with Crippen molar-refractivity contribution in [1.82, 2.24) is 0 Å². The molecule has 5 fully saturated rings. The molecule has 2 heterocycles. The fourth-order valence-electron chi connectivity index (χ4n) is 12.1. The van der Waals surface area contributed by atoms with E-state index in [1.165, 1.54) is 19.4 Å². The van der Waals surface area contributed by atoms with Crippen LogP contribution in [-0.2, 0) is 38.0 Å². The Morgan fingerprint density at radius 1 is 0.860 bits per heavy atom. The standard InChI is InChI=1S/C43H70O14/c1-20(2)9-12-30(47)21(3)33-31(56-41-39(54-24(6)46)38(53-23(5)45)34(48)22(4)52-41)18-29-27-11-10-25-17-26(13-15-42(25,7)28(27)14-16-43(29,33)8)55-40-37(51)36(50)35(49)32(19-44)57-40/h10,20-22,26-41,44,47-51H,9,11-19H2,1-8H3/t21-,22+,26+,27-,28+,29+,30+,31+,32-,33+,34+,35-,36+,37-,38-,39-,40-,41+,42+,43+/m1/s1. The number of hydrogen-bond acceptors (Lipinski definition) is 14. The molecule has 0 spiro atoms. The van der Waals surface area contributed by atoms with E-state index in [2.05, 4.69) is 40.7 Å². The van der Waals surface area contributed by atoms with Gasteiger partial charge >= 0.3 is 11.9 Å². The normalized spacial score (nSPS) is 46.9. The van der Waals surface area contributed by atoms with Gasteiger partial charge in [0.05, 0.1) is 31.0 Å². The second-order valence-electron chi connectivity index (χ2n) is 19.2. The maximum absolute atomic E-state index is 12.4. The second-order valence-corrected chi connectivity index (χ2v) is 19.2. The van der Waals surface area contributed by atoms with Crippen LogP contribution in [0.2, 0.25) is 0 Å². The third-order valence-corrected chi connectivity index (χ3v) is 15.2. The molecule has 20 atom stereocenters. The van der Waals surface area contributed by atoms with Crippen molar-refractivity contribution in [3.8, 4) is 0 Å². The molecule has 57 heavy (non-hydrogen) atoms. The molecule has 2 aliphatic heterocycles. The van der Waals surface area contributed by atoms with Gasteiger partial charge in [0.2, 0.25) is 0 Å². The zero-order valence-corrected chi connectivity index (χ0v) is 35.1. The summed E-state index contributed by atoms with van der Waals surface area (Å²) in [5.74, 6) is -0.0320. The lowest BCUT2D eigenvalue weighted by Gasteiger charge is -2.58. The number of aliphatic hydroxyl groups excluding tert-OH is 6. The zero-order chi connectivity index (χ0) is 41.7. The highest BCUT2D eigenvalue weighted by Gasteiger charge is 2.64. The molecule has 0 bridgehead atoms. The van der Waals surface area contributed by atoms with Gasteiger partial charge in [-0.1, -0.05) is 46.3 Å². The van der Waals surface area contributed by atoms with Crippen LogP contribution in [0, 0.1) is 46.3 Å². The first kappa shape index (κ1) is 44.8. The molecule has 2 saturated heterocycles. The van der Waals surface area contributed by atoms with Crippen molar-refractivity contribution in [1.29, 1.82) is 0 Å². The molecule has 0 aromatic heterocycles. The van der Waals surface area contributed by atoms with Gasteiger partial charge in [0.15, 0.2) is 24.8 Å². The lowest BCUT2D eigenvalue weighted by molar-refractivity contribution is -0.313. The second kappa shape index (κ2) is 17.7. The van der Waals surface area contributed by atoms with Crippen LogP contribution in [0.5, 0.6) is 0 Å². The zero-order valence-electron chi connectivity index (χ0n) is 35.1. The monoisotopic (exact) mass is 810 g/mol. The van der Waals surface area contributed by atoms with Crippen LogP contribution in [0.15, 0.2) is 11.6 Å². The molecule has 3 saturated carbocycles. The van der Waals surface area contributed by atoms with E-state index in [0.717, 1.165) is 32.1 Å². The number of carbonyl (C=O) groups is 2. The van der Waals surface area contributed by atoms with E-state index in [9.17, 15) is 40.2 Å². The van der Waals surface area contributed by atoms with Gasteiger partial charge in [0, 0.05) is 13.8 Å². The molecule has 0 aromatic carbocycles. The Balaban J connectivity index is 1.26. The molecular weight excluding hydrogens is 740 g/mol. The first-order valence-electron chi connectivity index (χ1n) is 21.5. The number of ether oxygens (including phenoxy) is 6. The number of hydrogen-bond donors (Lipinski definition) is 6. The highest BCUT2D eigenvalue weighted by molar-refractivity contribution is 5.67. The minimum Gasteiger partial charge on any atom is -0.455 e. The SMILES string of the molecule is CC(=O)O[C@@H]1[C@@H](O)[C@H](C)O[C@@H](O[C@H]2C[C@H]3[C@@H]4CC=C5C[C@@H](O[C@@H]6O[C@H](CO)[C@@H](O)[C@H](O)[C@H]6O)CC[C@]5(C)[C@H]4CC[C@]3(C)[C@H]2[C@H](C)[C@@H](O)CCC(C)C)[C@@H]1OC(C)=O. The molecule has 0 unspecified atom stereocenters. The summed E-state index contributed by atoms with van der Waals surface area (Å²) in [6.07, 6.45) is -3.66. The molecule has 0 radical (unpaired) electrons. The Hall–Kier alpha value is -1.72. The van der Waals surface area contributed by atoms with Gasteiger partial charge in [-0.2, -0.15) is 0 Å². The molecule has 0 amide bonds. The van der Waals surface area contributed by atoms with Crippen molar-refractivity contribution < 1.29 is 68.6 Å². The summed E-state index contributed by atoms with van der Waals surface area (Å²) in [7, 11) is 0. The quantitative estimate of drug-likeness (QED) is 0.124. The molecule has 14 nitrogen and oxygen atoms in total. The molecule has 6 aliphatic rings. The molecule has 0 aromatic rings. The average Bonchev–Trinajstić information content (AvgIpc) is 3.45. The molecule has 6 N–H and O–H groups in total. The number of carbonyl (C=O) groups excluding carboxylic acids is 2. The Morgan fingerprint density at radius 3 is 2.19 bits per heavy atom. The Labute approximate surface area is 337 Å². The Kier molecular flexibility index (Phi) is 13.9. The van der Waals surface area contributed by atoms with Crippen molar-refractivity contribution in [3.05, 3.63) is 11.6 Å². The van der Waals surface area contributed by atoms with Gasteiger partial charge in [-0.3, -0.25) is 9.59 Å². The maximum atomic E-state index is 12.4. The van der Waals surface area contributed by atoms with E-state index >= 15 is 0 Å². The largest absolute Gasteiger partial charge is 0.455 e. The van der Waals surface area contributed by atoms with Gasteiger partial charge in [-0.15, -0.1) is 0 Å². The van der Waals surface area contributed by atoms with E-state index in [4.69, 9.17) is 28.4 Å². The highest BCUT2D eigenvalue weighted by atomic mass is 16.7. The molecule has 14 heteroatoms. The highest BCUT2D eigenvalue weighted by Crippen LogP contribution is 2.68. The summed E-state index contributed by atoms with van der Waals surface area (Å²) >= 11 is 0. The molecule has 6 rings (SSSR count). The minimum atomic E-state index is -1.49. The van der Waals surface area contributed by atoms with E-state index in [1.54, 1.807) is 6.92 Å². The summed E-state index contributed by atoms with van der Waals surface area (Å²) in [5.41, 5.74) is 1.03. The van der Waals surface area contributed by atoms with Crippen LogP contribution in [0.25, 0.3) is 0 Å². The Morgan fingerprint density at radius 2 is 1.54 bits per heavy atom.